The minimum absolute atomic E-state index is 0.198. The van der Waals surface area contributed by atoms with Gasteiger partial charge in [-0.05, 0) is 35.4 Å². The number of benzene rings is 2. The Balaban J connectivity index is 1.65. The number of pyridine rings is 2. The summed E-state index contributed by atoms with van der Waals surface area (Å²) in [6, 6.07) is 23.1. The molecule has 0 unspecified atom stereocenters. The lowest BCUT2D eigenvalue weighted by Gasteiger charge is -2.08. The van der Waals surface area contributed by atoms with Gasteiger partial charge in [0.15, 0.2) is 0 Å². The number of carbonyl (C=O) groups is 1. The van der Waals surface area contributed by atoms with Crippen molar-refractivity contribution in [1.29, 1.82) is 0 Å². The molecule has 4 aromatic rings. The summed E-state index contributed by atoms with van der Waals surface area (Å²) in [5.41, 5.74) is 3.46. The van der Waals surface area contributed by atoms with Crippen LogP contribution < -0.4 is 5.32 Å². The summed E-state index contributed by atoms with van der Waals surface area (Å²) in [5.74, 6) is 0.323. The van der Waals surface area contributed by atoms with E-state index in [1.54, 1.807) is 18.5 Å². The molecule has 0 aliphatic heterocycles. The van der Waals surface area contributed by atoms with Crippen molar-refractivity contribution in [2.45, 2.75) is 0 Å². The third-order valence-electron chi connectivity index (χ3n) is 4.00. The Bertz CT molecular complexity index is 1040. The monoisotopic (exact) mass is 325 g/mol. The summed E-state index contributed by atoms with van der Waals surface area (Å²) >= 11 is 0. The number of amides is 1. The third-order valence-corrected chi connectivity index (χ3v) is 4.00. The van der Waals surface area contributed by atoms with E-state index >= 15 is 0 Å². The van der Waals surface area contributed by atoms with Gasteiger partial charge >= 0.3 is 0 Å². The van der Waals surface area contributed by atoms with E-state index in [1.807, 2.05) is 66.7 Å². The molecule has 120 valence electrons. The van der Waals surface area contributed by atoms with Gasteiger partial charge in [-0.3, -0.25) is 9.78 Å². The van der Waals surface area contributed by atoms with E-state index in [0.717, 1.165) is 22.0 Å². The van der Waals surface area contributed by atoms with Crippen molar-refractivity contribution in [2.75, 3.05) is 5.32 Å². The quantitative estimate of drug-likeness (QED) is 0.601. The highest BCUT2D eigenvalue weighted by atomic mass is 16.1. The number of hydrogen-bond acceptors (Lipinski definition) is 3. The Kier molecular flexibility index (Phi) is 3.92. The standard InChI is InChI=1S/C21H15N3O/c25-21(18-11-13-22-19-9-5-4-8-17(18)19)24-20-14-16(10-12-23-20)15-6-2-1-3-7-15/h1-14H,(H,23,24,25). The van der Waals surface area contributed by atoms with E-state index in [-0.39, 0.29) is 5.91 Å². The maximum absolute atomic E-state index is 12.7. The van der Waals surface area contributed by atoms with Gasteiger partial charge in [-0.25, -0.2) is 4.98 Å². The number of nitrogens with one attached hydrogen (secondary N) is 1. The van der Waals surface area contributed by atoms with E-state index in [1.165, 1.54) is 0 Å². The van der Waals surface area contributed by atoms with Gasteiger partial charge in [0, 0.05) is 17.8 Å². The van der Waals surface area contributed by atoms with E-state index in [0.29, 0.717) is 11.4 Å². The van der Waals surface area contributed by atoms with E-state index in [4.69, 9.17) is 0 Å². The molecule has 0 atom stereocenters. The topological polar surface area (TPSA) is 54.9 Å². The zero-order valence-electron chi connectivity index (χ0n) is 13.4. The van der Waals surface area contributed by atoms with Gasteiger partial charge in [0.25, 0.3) is 5.91 Å². The molecular weight excluding hydrogens is 310 g/mol. The molecule has 1 N–H and O–H groups in total. The molecule has 0 aliphatic rings. The van der Waals surface area contributed by atoms with E-state index < -0.39 is 0 Å². The predicted octanol–water partition coefficient (Wildman–Crippen LogP) is 4.55. The highest BCUT2D eigenvalue weighted by molar-refractivity contribution is 6.12. The summed E-state index contributed by atoms with van der Waals surface area (Å²) in [6.45, 7) is 0. The third kappa shape index (κ3) is 3.10. The van der Waals surface area contributed by atoms with Crippen molar-refractivity contribution in [3.63, 3.8) is 0 Å². The highest BCUT2D eigenvalue weighted by Crippen LogP contribution is 2.22. The van der Waals surface area contributed by atoms with Gasteiger partial charge < -0.3 is 5.32 Å². The molecular formula is C21H15N3O. The summed E-state index contributed by atoms with van der Waals surface area (Å²) in [5, 5.41) is 3.70. The maximum atomic E-state index is 12.7. The van der Waals surface area contributed by atoms with Crippen LogP contribution in [0.15, 0.2) is 85.2 Å². The van der Waals surface area contributed by atoms with Crippen molar-refractivity contribution in [3.05, 3.63) is 90.8 Å². The van der Waals surface area contributed by atoms with Crippen LogP contribution in [0.2, 0.25) is 0 Å². The second-order valence-electron chi connectivity index (χ2n) is 5.63. The van der Waals surface area contributed by atoms with Gasteiger partial charge in [0.05, 0.1) is 11.1 Å². The molecule has 1 amide bonds. The van der Waals surface area contributed by atoms with E-state index in [9.17, 15) is 4.79 Å². The zero-order chi connectivity index (χ0) is 17.1. The number of nitrogens with zero attached hydrogens (tertiary/aromatic N) is 2. The molecule has 0 bridgehead atoms. The second kappa shape index (κ2) is 6.53. The first kappa shape index (κ1) is 15.0. The van der Waals surface area contributed by atoms with Crippen LogP contribution in [0, 0.1) is 0 Å². The molecule has 2 aromatic carbocycles. The minimum Gasteiger partial charge on any atom is -0.307 e. The fraction of sp³-hybridized carbons (Fsp3) is 0. The van der Waals surface area contributed by atoms with Crippen molar-refractivity contribution in [3.8, 4) is 11.1 Å². The van der Waals surface area contributed by atoms with Crippen molar-refractivity contribution in [2.24, 2.45) is 0 Å². The van der Waals surface area contributed by atoms with Gasteiger partial charge in [0.1, 0.15) is 5.82 Å². The van der Waals surface area contributed by atoms with Crippen LogP contribution in [0.1, 0.15) is 10.4 Å². The molecule has 0 saturated heterocycles. The summed E-state index contributed by atoms with van der Waals surface area (Å²) in [6.07, 6.45) is 3.34. The van der Waals surface area contributed by atoms with Gasteiger partial charge in [-0.15, -0.1) is 0 Å². The van der Waals surface area contributed by atoms with Crippen LogP contribution in [0.5, 0.6) is 0 Å². The first-order chi connectivity index (χ1) is 12.3. The second-order valence-corrected chi connectivity index (χ2v) is 5.63. The zero-order valence-corrected chi connectivity index (χ0v) is 13.4. The van der Waals surface area contributed by atoms with Crippen LogP contribution >= 0.6 is 0 Å². The SMILES string of the molecule is O=C(Nc1cc(-c2ccccc2)ccn1)c1ccnc2ccccc12. The molecule has 2 aromatic heterocycles. The summed E-state index contributed by atoms with van der Waals surface area (Å²) in [4.78, 5) is 21.2. The molecule has 0 radical (unpaired) electrons. The first-order valence-electron chi connectivity index (χ1n) is 7.98. The Morgan fingerprint density at radius 1 is 0.760 bits per heavy atom. The van der Waals surface area contributed by atoms with Gasteiger partial charge in [0.2, 0.25) is 0 Å². The molecule has 0 saturated carbocycles. The maximum Gasteiger partial charge on any atom is 0.257 e. The fourth-order valence-corrected chi connectivity index (χ4v) is 2.79. The number of fused-ring (bicyclic) bond motifs is 1. The molecule has 0 spiro atoms. The Morgan fingerprint density at radius 3 is 2.40 bits per heavy atom. The van der Waals surface area contributed by atoms with Crippen LogP contribution in [-0.4, -0.2) is 15.9 Å². The number of hydrogen-bond donors (Lipinski definition) is 1. The molecule has 0 fully saturated rings. The summed E-state index contributed by atoms with van der Waals surface area (Å²) in [7, 11) is 0. The molecule has 0 aliphatic carbocycles. The first-order valence-corrected chi connectivity index (χ1v) is 7.98. The van der Waals surface area contributed by atoms with Crippen molar-refractivity contribution in [1.82, 2.24) is 9.97 Å². The molecule has 4 heteroatoms. The molecule has 2 heterocycles. The highest BCUT2D eigenvalue weighted by Gasteiger charge is 2.11. The Morgan fingerprint density at radius 2 is 1.52 bits per heavy atom. The fourth-order valence-electron chi connectivity index (χ4n) is 2.79. The minimum atomic E-state index is -0.198. The number of aromatic nitrogens is 2. The Hall–Kier alpha value is -3.53. The number of anilines is 1. The average molecular weight is 325 g/mol. The van der Waals surface area contributed by atoms with Crippen LogP contribution in [0.3, 0.4) is 0 Å². The lowest BCUT2D eigenvalue weighted by molar-refractivity contribution is 0.102. The normalized spacial score (nSPS) is 10.6. The average Bonchev–Trinajstić information content (AvgIpc) is 2.68. The Labute approximate surface area is 145 Å². The smallest absolute Gasteiger partial charge is 0.257 e. The largest absolute Gasteiger partial charge is 0.307 e. The van der Waals surface area contributed by atoms with E-state index in [2.05, 4.69) is 15.3 Å². The summed E-state index contributed by atoms with van der Waals surface area (Å²) < 4.78 is 0. The number of rotatable bonds is 3. The van der Waals surface area contributed by atoms with Crippen molar-refractivity contribution < 1.29 is 4.79 Å². The van der Waals surface area contributed by atoms with Gasteiger partial charge in [-0.2, -0.15) is 0 Å². The van der Waals surface area contributed by atoms with Crippen LogP contribution in [0.25, 0.3) is 22.0 Å². The molecule has 4 nitrogen and oxygen atoms in total. The number of para-hydroxylation sites is 1. The van der Waals surface area contributed by atoms with Crippen molar-refractivity contribution >= 4 is 22.6 Å². The molecule has 4 rings (SSSR count). The molecule has 25 heavy (non-hydrogen) atoms. The lowest BCUT2D eigenvalue weighted by Crippen LogP contribution is -2.13. The van der Waals surface area contributed by atoms with Crippen LogP contribution in [0.4, 0.5) is 5.82 Å². The number of carbonyl (C=O) groups excluding carboxylic acids is 1. The predicted molar refractivity (Wildman–Crippen MR) is 99.4 cm³/mol. The van der Waals surface area contributed by atoms with Crippen LogP contribution in [-0.2, 0) is 0 Å². The lowest BCUT2D eigenvalue weighted by atomic mass is 10.1. The van der Waals surface area contributed by atoms with Gasteiger partial charge in [-0.1, -0.05) is 48.5 Å².